The van der Waals surface area contributed by atoms with Crippen molar-refractivity contribution in [1.82, 2.24) is 15.1 Å². The molecule has 1 aliphatic heterocycles. The Kier molecular flexibility index (Phi) is 3.94. The van der Waals surface area contributed by atoms with Crippen LogP contribution in [-0.2, 0) is 19.6 Å². The van der Waals surface area contributed by atoms with Gasteiger partial charge in [0.15, 0.2) is 0 Å². The lowest BCUT2D eigenvalue weighted by atomic mass is 10.1. The molecule has 0 spiro atoms. The largest absolute Gasteiger partial charge is 0.307 e. The van der Waals surface area contributed by atoms with Gasteiger partial charge in [-0.25, -0.2) is 8.78 Å². The van der Waals surface area contributed by atoms with Gasteiger partial charge < -0.3 is 5.32 Å². The molecule has 6 heteroatoms. The van der Waals surface area contributed by atoms with E-state index in [1.54, 1.807) is 24.3 Å². The summed E-state index contributed by atoms with van der Waals surface area (Å²) in [6.07, 6.45) is 0. The Morgan fingerprint density at radius 1 is 1.08 bits per heavy atom. The molecular formula is C18H14BrF2N3. The van der Waals surface area contributed by atoms with E-state index in [9.17, 15) is 8.78 Å². The van der Waals surface area contributed by atoms with E-state index >= 15 is 0 Å². The van der Waals surface area contributed by atoms with Crippen LogP contribution < -0.4 is 5.32 Å². The van der Waals surface area contributed by atoms with E-state index in [0.717, 1.165) is 22.5 Å². The zero-order chi connectivity index (χ0) is 16.7. The summed E-state index contributed by atoms with van der Waals surface area (Å²) in [7, 11) is 0. The zero-order valence-electron chi connectivity index (χ0n) is 12.7. The summed E-state index contributed by atoms with van der Waals surface area (Å²) >= 11 is 3.20. The molecule has 0 amide bonds. The third-order valence-electron chi connectivity index (χ3n) is 4.17. The molecule has 1 aliphatic rings. The maximum atomic E-state index is 14.3. The molecule has 1 N–H and O–H groups in total. The third-order valence-corrected chi connectivity index (χ3v) is 4.78. The second-order valence-corrected chi connectivity index (χ2v) is 6.62. The number of fused-ring (bicyclic) bond motifs is 1. The normalized spacial score (nSPS) is 13.3. The van der Waals surface area contributed by atoms with Crippen LogP contribution in [0.15, 0.2) is 46.9 Å². The number of benzene rings is 2. The van der Waals surface area contributed by atoms with Gasteiger partial charge in [0, 0.05) is 24.2 Å². The highest BCUT2D eigenvalue weighted by Crippen LogP contribution is 2.31. The van der Waals surface area contributed by atoms with Gasteiger partial charge in [0.05, 0.1) is 22.4 Å². The first-order valence-electron chi connectivity index (χ1n) is 7.61. The fraction of sp³-hybridized carbons (Fsp3) is 0.167. The first-order chi connectivity index (χ1) is 11.6. The van der Waals surface area contributed by atoms with Crippen molar-refractivity contribution in [2.24, 2.45) is 0 Å². The summed E-state index contributed by atoms with van der Waals surface area (Å²) in [5.41, 5.74) is 4.19. The van der Waals surface area contributed by atoms with E-state index < -0.39 is 0 Å². The van der Waals surface area contributed by atoms with Crippen LogP contribution >= 0.6 is 15.9 Å². The van der Waals surface area contributed by atoms with Gasteiger partial charge in [0.25, 0.3) is 0 Å². The Labute approximate surface area is 146 Å². The van der Waals surface area contributed by atoms with Crippen LogP contribution in [0, 0.1) is 11.6 Å². The van der Waals surface area contributed by atoms with E-state index in [-0.39, 0.29) is 11.6 Å². The minimum atomic E-state index is -0.305. The lowest BCUT2D eigenvalue weighted by Gasteiger charge is -2.11. The Bertz CT molecular complexity index is 921. The van der Waals surface area contributed by atoms with E-state index in [0.29, 0.717) is 29.7 Å². The molecule has 2 heterocycles. The highest BCUT2D eigenvalue weighted by molar-refractivity contribution is 9.10. The van der Waals surface area contributed by atoms with Gasteiger partial charge in [0.2, 0.25) is 0 Å². The monoisotopic (exact) mass is 389 g/mol. The van der Waals surface area contributed by atoms with Gasteiger partial charge in [-0.15, -0.1) is 0 Å². The van der Waals surface area contributed by atoms with Crippen LogP contribution in [0.3, 0.4) is 0 Å². The number of hydrogen-bond acceptors (Lipinski definition) is 2. The van der Waals surface area contributed by atoms with Crippen LogP contribution in [0.1, 0.15) is 16.8 Å². The standard InChI is InChI=1S/C18H14BrF2N3/c19-14-7-11(5-6-16(14)21)10-24-18(12-3-1-2-4-15(12)20)13-8-22-9-17(13)23-24/h1-7,22H,8-10H2. The van der Waals surface area contributed by atoms with Crippen molar-refractivity contribution in [3.05, 3.63) is 75.4 Å². The summed E-state index contributed by atoms with van der Waals surface area (Å²) in [4.78, 5) is 0. The predicted molar refractivity (Wildman–Crippen MR) is 91.4 cm³/mol. The van der Waals surface area contributed by atoms with Gasteiger partial charge in [0.1, 0.15) is 11.6 Å². The molecule has 3 nitrogen and oxygen atoms in total. The summed E-state index contributed by atoms with van der Waals surface area (Å²) in [5, 5.41) is 7.88. The van der Waals surface area contributed by atoms with Crippen molar-refractivity contribution < 1.29 is 8.78 Å². The SMILES string of the molecule is Fc1ccc(Cn2nc3c(c2-c2ccccc2F)CNC3)cc1Br. The number of aromatic nitrogens is 2. The Morgan fingerprint density at radius 3 is 2.71 bits per heavy atom. The molecule has 1 aromatic heterocycles. The molecule has 24 heavy (non-hydrogen) atoms. The quantitative estimate of drug-likeness (QED) is 0.725. The average molecular weight is 390 g/mol. The number of nitrogens with one attached hydrogen (secondary N) is 1. The van der Waals surface area contributed by atoms with Gasteiger partial charge in [-0.2, -0.15) is 5.10 Å². The third kappa shape index (κ3) is 2.65. The van der Waals surface area contributed by atoms with Crippen LogP contribution in [0.4, 0.5) is 8.78 Å². The average Bonchev–Trinajstić information content (AvgIpc) is 3.13. The molecule has 122 valence electrons. The van der Waals surface area contributed by atoms with Gasteiger partial charge in [-0.3, -0.25) is 4.68 Å². The van der Waals surface area contributed by atoms with E-state index in [1.807, 2.05) is 10.7 Å². The lowest BCUT2D eigenvalue weighted by molar-refractivity contribution is 0.612. The van der Waals surface area contributed by atoms with Crippen LogP contribution in [0.25, 0.3) is 11.3 Å². The predicted octanol–water partition coefficient (Wildman–Crippen LogP) is 4.24. The van der Waals surface area contributed by atoms with E-state index in [1.165, 1.54) is 12.1 Å². The second kappa shape index (κ2) is 6.11. The first-order valence-corrected chi connectivity index (χ1v) is 8.41. The number of hydrogen-bond donors (Lipinski definition) is 1. The molecule has 0 saturated carbocycles. The maximum absolute atomic E-state index is 14.3. The van der Waals surface area contributed by atoms with Gasteiger partial charge >= 0.3 is 0 Å². The number of rotatable bonds is 3. The van der Waals surface area contributed by atoms with Crippen LogP contribution in [0.2, 0.25) is 0 Å². The summed E-state index contributed by atoms with van der Waals surface area (Å²) < 4.78 is 30.0. The molecule has 0 unspecified atom stereocenters. The first kappa shape index (κ1) is 15.5. The Hall–Kier alpha value is -2.05. The van der Waals surface area contributed by atoms with Crippen molar-refractivity contribution in [3.8, 4) is 11.3 Å². The molecule has 0 fully saturated rings. The molecule has 0 atom stereocenters. The fourth-order valence-electron chi connectivity index (χ4n) is 3.06. The van der Waals surface area contributed by atoms with E-state index in [2.05, 4.69) is 26.3 Å². The van der Waals surface area contributed by atoms with E-state index in [4.69, 9.17) is 0 Å². The van der Waals surface area contributed by atoms with Gasteiger partial charge in [-0.05, 0) is 45.8 Å². The van der Waals surface area contributed by atoms with Crippen LogP contribution in [0.5, 0.6) is 0 Å². The minimum absolute atomic E-state index is 0.270. The van der Waals surface area contributed by atoms with Crippen molar-refractivity contribution >= 4 is 15.9 Å². The fourth-order valence-corrected chi connectivity index (χ4v) is 3.49. The molecule has 0 aliphatic carbocycles. The number of nitrogens with zero attached hydrogens (tertiary/aromatic N) is 2. The summed E-state index contributed by atoms with van der Waals surface area (Å²) in [6, 6.07) is 11.6. The highest BCUT2D eigenvalue weighted by Gasteiger charge is 2.24. The van der Waals surface area contributed by atoms with Gasteiger partial charge in [-0.1, -0.05) is 18.2 Å². The molecule has 4 rings (SSSR count). The molecular weight excluding hydrogens is 376 g/mol. The Morgan fingerprint density at radius 2 is 1.92 bits per heavy atom. The number of halogens is 3. The highest BCUT2D eigenvalue weighted by atomic mass is 79.9. The van der Waals surface area contributed by atoms with Crippen molar-refractivity contribution in [1.29, 1.82) is 0 Å². The Balaban J connectivity index is 1.81. The topological polar surface area (TPSA) is 29.9 Å². The summed E-state index contributed by atoms with van der Waals surface area (Å²) in [6.45, 7) is 1.80. The molecule has 0 radical (unpaired) electrons. The van der Waals surface area contributed by atoms with Crippen molar-refractivity contribution in [3.63, 3.8) is 0 Å². The van der Waals surface area contributed by atoms with Crippen molar-refractivity contribution in [2.75, 3.05) is 0 Å². The second-order valence-electron chi connectivity index (χ2n) is 5.76. The molecule has 0 saturated heterocycles. The maximum Gasteiger partial charge on any atom is 0.137 e. The van der Waals surface area contributed by atoms with Crippen molar-refractivity contribution in [2.45, 2.75) is 19.6 Å². The smallest absolute Gasteiger partial charge is 0.137 e. The molecule has 2 aromatic carbocycles. The lowest BCUT2D eigenvalue weighted by Crippen LogP contribution is -2.10. The van der Waals surface area contributed by atoms with Crippen LogP contribution in [-0.4, -0.2) is 9.78 Å². The zero-order valence-corrected chi connectivity index (χ0v) is 14.3. The molecule has 0 bridgehead atoms. The summed E-state index contributed by atoms with van der Waals surface area (Å²) in [5.74, 6) is -0.575. The minimum Gasteiger partial charge on any atom is -0.307 e. The molecule has 3 aromatic rings.